The van der Waals surface area contributed by atoms with Crippen LogP contribution >= 0.6 is 0 Å². The number of ether oxygens (including phenoxy) is 3. The van der Waals surface area contributed by atoms with Gasteiger partial charge >= 0.3 is 6.09 Å². The number of amides is 4. The van der Waals surface area contributed by atoms with Crippen LogP contribution in [0.25, 0.3) is 10.9 Å². The number of hydrogen-bond donors (Lipinski definition) is 2. The molecular formula is C37H56FN5O8. The van der Waals surface area contributed by atoms with Gasteiger partial charge in [-0.1, -0.05) is 19.3 Å². The van der Waals surface area contributed by atoms with Crippen molar-refractivity contribution in [1.29, 1.82) is 0 Å². The van der Waals surface area contributed by atoms with E-state index in [0.29, 0.717) is 74.7 Å². The van der Waals surface area contributed by atoms with Crippen LogP contribution in [0.15, 0.2) is 18.2 Å². The zero-order valence-corrected chi connectivity index (χ0v) is 31.0. The zero-order valence-electron chi connectivity index (χ0n) is 31.0. The molecule has 2 fully saturated rings. The number of hydrogen-bond acceptors (Lipinski definition) is 8. The molecule has 1 aliphatic heterocycles. The number of nitrogens with zero attached hydrogens (tertiary/aromatic N) is 4. The molecule has 284 valence electrons. The first-order chi connectivity index (χ1) is 24.2. The second-order valence-corrected chi connectivity index (χ2v) is 14.5. The van der Waals surface area contributed by atoms with Gasteiger partial charge in [-0.2, -0.15) is 0 Å². The van der Waals surface area contributed by atoms with Gasteiger partial charge in [-0.15, -0.1) is 0 Å². The molecule has 2 unspecified atom stereocenters. The van der Waals surface area contributed by atoms with Gasteiger partial charge in [-0.25, -0.2) is 9.18 Å². The van der Waals surface area contributed by atoms with E-state index in [1.165, 1.54) is 11.9 Å². The third kappa shape index (κ3) is 10.4. The Bertz CT molecular complexity index is 1510. The summed E-state index contributed by atoms with van der Waals surface area (Å²) in [6, 6.07) is 3.44. The highest BCUT2D eigenvalue weighted by Gasteiger charge is 2.37. The summed E-state index contributed by atoms with van der Waals surface area (Å²) < 4.78 is 33.4. The molecule has 14 heteroatoms. The number of benzene rings is 1. The Kier molecular flexibility index (Phi) is 14.2. The first kappa shape index (κ1) is 40.0. The highest BCUT2D eigenvalue weighted by atomic mass is 19.1. The van der Waals surface area contributed by atoms with Crippen molar-refractivity contribution in [2.45, 2.75) is 91.0 Å². The molecule has 0 radical (unpaired) electrons. The van der Waals surface area contributed by atoms with Gasteiger partial charge in [0.2, 0.25) is 11.8 Å². The topological polar surface area (TPSA) is 143 Å². The summed E-state index contributed by atoms with van der Waals surface area (Å²) in [5.41, 5.74) is 0.770. The van der Waals surface area contributed by atoms with Crippen LogP contribution in [0, 0.1) is 18.7 Å². The smallest absolute Gasteiger partial charge is 0.410 e. The molecule has 2 heterocycles. The maximum atomic E-state index is 15.3. The van der Waals surface area contributed by atoms with Gasteiger partial charge in [-0.05, 0) is 71.6 Å². The zero-order chi connectivity index (χ0) is 37.3. The first-order valence-electron chi connectivity index (χ1n) is 18.1. The Morgan fingerprint density at radius 3 is 2.24 bits per heavy atom. The minimum atomic E-state index is -0.854. The van der Waals surface area contributed by atoms with Gasteiger partial charge in [0.05, 0.1) is 44.2 Å². The van der Waals surface area contributed by atoms with Crippen molar-refractivity contribution < 1.29 is 42.9 Å². The monoisotopic (exact) mass is 717 g/mol. The molecule has 4 amide bonds. The van der Waals surface area contributed by atoms with Gasteiger partial charge in [0, 0.05) is 50.7 Å². The van der Waals surface area contributed by atoms with Crippen molar-refractivity contribution in [3.05, 3.63) is 35.3 Å². The molecule has 1 aliphatic carbocycles. The van der Waals surface area contributed by atoms with Gasteiger partial charge < -0.3 is 39.0 Å². The molecule has 0 bridgehead atoms. The quantitative estimate of drug-likeness (QED) is 0.282. The SMILES string of the molecule is Cc1c(F)c2cc(C(=O)N3CCN(C(=O)C(NC(=O)C(C)N(C)C(=O)OC(C)(C)C)C4CCCCC4)CC3)ccc2n1CCOCCOCCO. The summed E-state index contributed by atoms with van der Waals surface area (Å²) in [6.45, 7) is 11.5. The molecule has 0 spiro atoms. The lowest BCUT2D eigenvalue weighted by Crippen LogP contribution is -2.59. The molecule has 2 aromatic rings. The lowest BCUT2D eigenvalue weighted by molar-refractivity contribution is -0.140. The molecule has 13 nitrogen and oxygen atoms in total. The van der Waals surface area contributed by atoms with E-state index < -0.39 is 29.7 Å². The second kappa shape index (κ2) is 18.1. The van der Waals surface area contributed by atoms with Crippen molar-refractivity contribution in [3.8, 4) is 0 Å². The van der Waals surface area contributed by atoms with Gasteiger partial charge in [-0.3, -0.25) is 19.3 Å². The standard InChI is InChI=1S/C37H56FN5O8/c1-25-31(38)29-24-28(12-13-30(29)43(25)18-20-49-22-23-50-21-19-44)34(46)41-14-16-42(17-15-41)35(47)32(27-10-8-7-9-11-27)39-33(45)26(2)40(6)36(48)51-37(3,4)5/h12-13,24,26-27,32,44H,7-11,14-23H2,1-6H3,(H,39,45). The van der Waals surface area contributed by atoms with Crippen LogP contribution in [0.4, 0.5) is 9.18 Å². The van der Waals surface area contributed by atoms with Crippen molar-refractivity contribution >= 4 is 34.7 Å². The molecule has 1 saturated heterocycles. The molecule has 1 saturated carbocycles. The lowest BCUT2D eigenvalue weighted by atomic mass is 9.83. The fourth-order valence-corrected chi connectivity index (χ4v) is 6.70. The van der Waals surface area contributed by atoms with Gasteiger partial charge in [0.25, 0.3) is 5.91 Å². The number of aliphatic hydroxyl groups is 1. The minimum absolute atomic E-state index is 0.0243. The van der Waals surface area contributed by atoms with Crippen LogP contribution in [-0.2, 0) is 30.3 Å². The van der Waals surface area contributed by atoms with Crippen molar-refractivity contribution in [2.75, 3.05) is 66.3 Å². The summed E-state index contributed by atoms with van der Waals surface area (Å²) in [5.74, 6) is -1.26. The van der Waals surface area contributed by atoms with Gasteiger partial charge in [0.1, 0.15) is 17.7 Å². The van der Waals surface area contributed by atoms with E-state index in [0.717, 1.165) is 32.1 Å². The molecule has 2 aliphatic rings. The number of halogens is 1. The van der Waals surface area contributed by atoms with E-state index in [9.17, 15) is 19.2 Å². The molecule has 51 heavy (non-hydrogen) atoms. The number of carbonyl (C=O) groups excluding carboxylic acids is 4. The van der Waals surface area contributed by atoms with E-state index in [4.69, 9.17) is 19.3 Å². The highest BCUT2D eigenvalue weighted by molar-refractivity contribution is 5.99. The number of aromatic nitrogens is 1. The summed E-state index contributed by atoms with van der Waals surface area (Å²) >= 11 is 0. The molecule has 4 rings (SSSR count). The Morgan fingerprint density at radius 1 is 0.980 bits per heavy atom. The Hall–Kier alpha value is -3.75. The predicted octanol–water partition coefficient (Wildman–Crippen LogP) is 3.72. The van der Waals surface area contributed by atoms with E-state index in [1.54, 1.807) is 62.6 Å². The average molecular weight is 718 g/mol. The number of piperazine rings is 1. The number of likely N-dealkylation sites (N-methyl/N-ethyl adjacent to an activating group) is 1. The third-order valence-electron chi connectivity index (χ3n) is 9.77. The number of nitrogens with one attached hydrogen (secondary N) is 1. The van der Waals surface area contributed by atoms with Crippen molar-refractivity contribution in [1.82, 2.24) is 24.6 Å². The number of aliphatic hydroxyl groups excluding tert-OH is 1. The predicted molar refractivity (Wildman–Crippen MR) is 190 cm³/mol. The van der Waals surface area contributed by atoms with E-state index in [1.807, 2.05) is 4.57 Å². The van der Waals surface area contributed by atoms with Crippen LogP contribution < -0.4 is 5.32 Å². The normalized spacial score (nSPS) is 16.9. The third-order valence-corrected chi connectivity index (χ3v) is 9.77. The average Bonchev–Trinajstić information content (AvgIpc) is 3.36. The fraction of sp³-hybridized carbons (Fsp3) is 0.676. The van der Waals surface area contributed by atoms with Crippen LogP contribution in [0.2, 0.25) is 0 Å². The second-order valence-electron chi connectivity index (χ2n) is 14.5. The largest absolute Gasteiger partial charge is 0.444 e. The summed E-state index contributed by atoms with van der Waals surface area (Å²) in [4.78, 5) is 58.2. The Labute approximate surface area is 300 Å². The van der Waals surface area contributed by atoms with Gasteiger partial charge in [0.15, 0.2) is 5.82 Å². The molecular weight excluding hydrogens is 661 g/mol. The summed E-state index contributed by atoms with van der Waals surface area (Å²) in [5, 5.41) is 12.1. The first-order valence-corrected chi connectivity index (χ1v) is 18.1. The van der Waals surface area contributed by atoms with E-state index in [2.05, 4.69) is 5.32 Å². The summed E-state index contributed by atoms with van der Waals surface area (Å²) in [6.07, 6.45) is 4.05. The molecule has 1 aromatic heterocycles. The number of fused-ring (bicyclic) bond motifs is 1. The highest BCUT2D eigenvalue weighted by Crippen LogP contribution is 2.29. The van der Waals surface area contributed by atoms with Crippen molar-refractivity contribution in [3.63, 3.8) is 0 Å². The lowest BCUT2D eigenvalue weighted by Gasteiger charge is -2.39. The van der Waals surface area contributed by atoms with E-state index >= 15 is 4.39 Å². The maximum absolute atomic E-state index is 15.3. The number of carbonyl (C=O) groups is 4. The Morgan fingerprint density at radius 2 is 1.61 bits per heavy atom. The van der Waals surface area contributed by atoms with Crippen LogP contribution in [0.3, 0.4) is 0 Å². The van der Waals surface area contributed by atoms with Crippen molar-refractivity contribution in [2.24, 2.45) is 5.92 Å². The Balaban J connectivity index is 1.37. The summed E-state index contributed by atoms with van der Waals surface area (Å²) in [7, 11) is 1.51. The fourth-order valence-electron chi connectivity index (χ4n) is 6.70. The van der Waals surface area contributed by atoms with Crippen LogP contribution in [0.5, 0.6) is 0 Å². The minimum Gasteiger partial charge on any atom is -0.444 e. The molecule has 1 aromatic carbocycles. The maximum Gasteiger partial charge on any atom is 0.410 e. The van der Waals surface area contributed by atoms with Crippen LogP contribution in [-0.4, -0.2) is 132 Å². The molecule has 2 atom stereocenters. The van der Waals surface area contributed by atoms with Crippen LogP contribution in [0.1, 0.15) is 75.9 Å². The van der Waals surface area contributed by atoms with E-state index in [-0.39, 0.29) is 36.8 Å². The number of rotatable bonds is 14. The molecule has 2 N–H and O–H groups in total.